The average Bonchev–Trinajstić information content (AvgIpc) is 2.94. The van der Waals surface area contributed by atoms with Crippen molar-refractivity contribution in [2.75, 3.05) is 13.6 Å². The van der Waals surface area contributed by atoms with E-state index < -0.39 is 23.7 Å². The lowest BCUT2D eigenvalue weighted by Gasteiger charge is -2.39. The van der Waals surface area contributed by atoms with Crippen LogP contribution in [0.1, 0.15) is 43.7 Å². The van der Waals surface area contributed by atoms with Gasteiger partial charge in [-0.2, -0.15) is 0 Å². The van der Waals surface area contributed by atoms with Gasteiger partial charge in [-0.3, -0.25) is 14.6 Å². The third-order valence-electron chi connectivity index (χ3n) is 6.61. The maximum absolute atomic E-state index is 13.0. The number of likely N-dealkylation sites (N-methyl/N-ethyl adjacent to an activating group) is 1. The second-order valence-electron chi connectivity index (χ2n) is 8.79. The molecule has 7 heteroatoms. The number of nitrogens with one attached hydrogen (secondary N) is 1. The Kier molecular flexibility index (Phi) is 7.99. The highest BCUT2D eigenvalue weighted by atomic mass is 16.3. The number of aliphatic hydroxyl groups is 2. The van der Waals surface area contributed by atoms with Gasteiger partial charge >= 0.3 is 0 Å². The number of benzene rings is 1. The van der Waals surface area contributed by atoms with E-state index in [4.69, 9.17) is 0 Å². The summed E-state index contributed by atoms with van der Waals surface area (Å²) in [5, 5.41) is 24.5. The Hall–Kier alpha value is -2.77. The lowest BCUT2D eigenvalue weighted by Crippen LogP contribution is -2.51. The Labute approximate surface area is 189 Å². The van der Waals surface area contributed by atoms with Crippen molar-refractivity contribution >= 4 is 11.8 Å². The molecule has 1 aliphatic rings. The van der Waals surface area contributed by atoms with Crippen LogP contribution in [0.3, 0.4) is 0 Å². The molecular formula is C25H33N3O4. The molecule has 4 atom stereocenters. The zero-order chi connectivity index (χ0) is 23.1. The van der Waals surface area contributed by atoms with Crippen LogP contribution in [0.5, 0.6) is 0 Å². The number of nitrogens with zero attached hydrogens (tertiary/aromatic N) is 2. The summed E-state index contributed by atoms with van der Waals surface area (Å²) in [6.45, 7) is 1.85. The molecule has 1 heterocycles. The second kappa shape index (κ2) is 10.7. The topological polar surface area (TPSA) is 103 Å². The van der Waals surface area contributed by atoms with E-state index in [-0.39, 0.29) is 18.2 Å². The fourth-order valence-electron chi connectivity index (χ4n) is 4.61. The summed E-state index contributed by atoms with van der Waals surface area (Å²) >= 11 is 0. The number of aliphatic hydroxyl groups excluding tert-OH is 2. The molecule has 1 fully saturated rings. The van der Waals surface area contributed by atoms with E-state index >= 15 is 0 Å². The van der Waals surface area contributed by atoms with Crippen molar-refractivity contribution < 1.29 is 19.8 Å². The number of hydrogen-bond donors (Lipinski definition) is 3. The van der Waals surface area contributed by atoms with Crippen LogP contribution in [0.4, 0.5) is 0 Å². The van der Waals surface area contributed by atoms with Crippen LogP contribution in [-0.4, -0.2) is 63.8 Å². The number of pyridine rings is 1. The van der Waals surface area contributed by atoms with Crippen molar-refractivity contribution in [1.82, 2.24) is 15.2 Å². The van der Waals surface area contributed by atoms with Crippen LogP contribution in [0.25, 0.3) is 0 Å². The van der Waals surface area contributed by atoms with Crippen LogP contribution in [0.15, 0.2) is 54.9 Å². The molecule has 3 rings (SSSR count). The molecule has 0 radical (unpaired) electrons. The summed E-state index contributed by atoms with van der Waals surface area (Å²) in [5.41, 5.74) is 1.49. The van der Waals surface area contributed by atoms with Crippen LogP contribution in [0, 0.1) is 0 Å². The van der Waals surface area contributed by atoms with Crippen LogP contribution < -0.4 is 5.32 Å². The highest BCUT2D eigenvalue weighted by Crippen LogP contribution is 2.39. The van der Waals surface area contributed by atoms with E-state index in [9.17, 15) is 19.8 Å². The van der Waals surface area contributed by atoms with Crippen molar-refractivity contribution in [2.24, 2.45) is 0 Å². The lowest BCUT2D eigenvalue weighted by molar-refractivity contribution is -0.136. The number of aryl methyl sites for hydroxylation is 1. The van der Waals surface area contributed by atoms with E-state index in [0.29, 0.717) is 32.2 Å². The Balaban J connectivity index is 1.85. The maximum Gasteiger partial charge on any atom is 0.222 e. The van der Waals surface area contributed by atoms with Gasteiger partial charge in [-0.15, -0.1) is 0 Å². The largest absolute Gasteiger partial charge is 0.390 e. The summed E-state index contributed by atoms with van der Waals surface area (Å²) < 4.78 is 0. The van der Waals surface area contributed by atoms with E-state index in [1.54, 1.807) is 24.3 Å². The Morgan fingerprint density at radius 1 is 1.19 bits per heavy atom. The van der Waals surface area contributed by atoms with Gasteiger partial charge in [0.15, 0.2) is 0 Å². The highest BCUT2D eigenvalue weighted by Gasteiger charge is 2.44. The Morgan fingerprint density at radius 2 is 1.94 bits per heavy atom. The standard InChI is InChI=1S/C25H33N3O4/c1-18(29)27-17-25(20-8-4-3-5-9-20)13-12-22(30)24(32)21(15-25)28(2)23(31)11-10-19-7-6-14-26-16-19/h3-9,14,16,21-22,24,30,32H,10-13,15,17H2,1-2H3,(H,27,29)/t21-,22-,24+,25+/m0/s1. The molecule has 1 aliphatic carbocycles. The second-order valence-corrected chi connectivity index (χ2v) is 8.79. The third-order valence-corrected chi connectivity index (χ3v) is 6.61. The normalized spacial score (nSPS) is 25.6. The van der Waals surface area contributed by atoms with Crippen LogP contribution >= 0.6 is 0 Å². The monoisotopic (exact) mass is 439 g/mol. The SMILES string of the molecule is CC(=O)NC[C@@]1(c2ccccc2)CC[C@H](O)[C@H](O)[C@@H](N(C)C(=O)CCc2cccnc2)C1. The summed E-state index contributed by atoms with van der Waals surface area (Å²) in [6, 6.07) is 13.0. The first kappa shape index (κ1) is 23.9. The van der Waals surface area contributed by atoms with Gasteiger partial charge < -0.3 is 20.4 Å². The summed E-state index contributed by atoms with van der Waals surface area (Å²) in [4.78, 5) is 30.4. The minimum Gasteiger partial charge on any atom is -0.390 e. The van der Waals surface area contributed by atoms with Crippen molar-refractivity contribution in [1.29, 1.82) is 0 Å². The molecule has 7 nitrogen and oxygen atoms in total. The van der Waals surface area contributed by atoms with Gasteiger partial charge in [0.1, 0.15) is 6.10 Å². The molecule has 172 valence electrons. The molecule has 2 amide bonds. The van der Waals surface area contributed by atoms with Gasteiger partial charge in [-0.1, -0.05) is 36.4 Å². The Bertz CT molecular complexity index is 893. The number of rotatable bonds is 7. The summed E-state index contributed by atoms with van der Waals surface area (Å²) in [5.74, 6) is -0.239. The molecule has 32 heavy (non-hydrogen) atoms. The van der Waals surface area contributed by atoms with Crippen LogP contribution in [0.2, 0.25) is 0 Å². The van der Waals surface area contributed by atoms with Gasteiger partial charge in [0.2, 0.25) is 11.8 Å². The van der Waals surface area contributed by atoms with Crippen molar-refractivity contribution in [3.63, 3.8) is 0 Å². The predicted molar refractivity (Wildman–Crippen MR) is 122 cm³/mol. The Morgan fingerprint density at radius 3 is 2.59 bits per heavy atom. The molecule has 0 aliphatic heterocycles. The van der Waals surface area contributed by atoms with Gasteiger partial charge in [0.05, 0.1) is 12.1 Å². The van der Waals surface area contributed by atoms with Crippen LogP contribution in [-0.2, 0) is 21.4 Å². The first-order valence-electron chi connectivity index (χ1n) is 11.1. The predicted octanol–water partition coefficient (Wildman–Crippen LogP) is 1.82. The first-order chi connectivity index (χ1) is 15.3. The number of carbonyl (C=O) groups excluding carboxylic acids is 2. The third kappa shape index (κ3) is 5.72. The number of carbonyl (C=O) groups is 2. The average molecular weight is 440 g/mol. The zero-order valence-corrected chi connectivity index (χ0v) is 18.8. The molecule has 1 aromatic carbocycles. The van der Waals surface area contributed by atoms with E-state index in [0.717, 1.165) is 11.1 Å². The molecule has 0 saturated heterocycles. The van der Waals surface area contributed by atoms with Crippen molar-refractivity contribution in [3.05, 3.63) is 66.0 Å². The first-order valence-corrected chi connectivity index (χ1v) is 11.1. The van der Waals surface area contributed by atoms with E-state index in [1.807, 2.05) is 42.5 Å². The molecule has 0 spiro atoms. The molecule has 2 aromatic rings. The lowest BCUT2D eigenvalue weighted by atomic mass is 9.73. The minimum absolute atomic E-state index is 0.103. The molecule has 0 bridgehead atoms. The highest BCUT2D eigenvalue weighted by molar-refractivity contribution is 5.76. The fraction of sp³-hybridized carbons (Fsp3) is 0.480. The van der Waals surface area contributed by atoms with E-state index in [2.05, 4.69) is 10.3 Å². The zero-order valence-electron chi connectivity index (χ0n) is 18.8. The summed E-state index contributed by atoms with van der Waals surface area (Å²) in [7, 11) is 1.69. The molecule has 0 unspecified atom stereocenters. The smallest absolute Gasteiger partial charge is 0.222 e. The maximum atomic E-state index is 13.0. The molecule has 3 N–H and O–H groups in total. The van der Waals surface area contributed by atoms with Gasteiger partial charge in [-0.25, -0.2) is 0 Å². The fourth-order valence-corrected chi connectivity index (χ4v) is 4.61. The number of hydrogen-bond acceptors (Lipinski definition) is 5. The number of aromatic nitrogens is 1. The number of amides is 2. The van der Waals surface area contributed by atoms with Gasteiger partial charge in [0.25, 0.3) is 0 Å². The van der Waals surface area contributed by atoms with Crippen molar-refractivity contribution in [2.45, 2.75) is 62.7 Å². The molecule has 1 saturated carbocycles. The quantitative estimate of drug-likeness (QED) is 0.571. The molecule has 1 aromatic heterocycles. The summed E-state index contributed by atoms with van der Waals surface area (Å²) in [6.07, 6.45) is 3.66. The molecular weight excluding hydrogens is 406 g/mol. The van der Waals surface area contributed by atoms with Gasteiger partial charge in [0, 0.05) is 44.7 Å². The van der Waals surface area contributed by atoms with Gasteiger partial charge in [-0.05, 0) is 42.9 Å². The van der Waals surface area contributed by atoms with Crippen molar-refractivity contribution in [3.8, 4) is 0 Å². The van der Waals surface area contributed by atoms with E-state index in [1.165, 1.54) is 6.92 Å². The minimum atomic E-state index is -1.06.